The molecule has 3 N–H and O–H groups in total. The third kappa shape index (κ3) is 3.76. The van der Waals surface area contributed by atoms with E-state index in [4.69, 9.17) is 5.73 Å². The normalized spacial score (nSPS) is 29.6. The van der Waals surface area contributed by atoms with Crippen LogP contribution in [0, 0.1) is 0 Å². The maximum Gasteiger partial charge on any atom is 0.418 e. The van der Waals surface area contributed by atoms with Crippen LogP contribution in [0.1, 0.15) is 19.8 Å². The molecule has 2 unspecified atom stereocenters. The highest BCUT2D eigenvalue weighted by molar-refractivity contribution is 5.85. The Labute approximate surface area is 99.2 Å². The molecule has 0 aromatic rings. The van der Waals surface area contributed by atoms with Gasteiger partial charge in [0.15, 0.2) is 5.60 Å². The van der Waals surface area contributed by atoms with Crippen LogP contribution in [0.25, 0.3) is 0 Å². The molecule has 0 amide bonds. The number of piperidine rings is 1. The van der Waals surface area contributed by atoms with Gasteiger partial charge in [-0.1, -0.05) is 0 Å². The molecular weight excluding hydrogens is 245 g/mol. The predicted molar refractivity (Wildman–Crippen MR) is 57.6 cm³/mol. The largest absolute Gasteiger partial charge is 0.418 e. The van der Waals surface area contributed by atoms with Gasteiger partial charge in [0.1, 0.15) is 0 Å². The second-order valence-electron chi connectivity index (χ2n) is 4.35. The number of nitrogens with two attached hydrogens (primary N) is 1. The minimum Gasteiger partial charge on any atom is -0.379 e. The molecule has 3 nitrogen and oxygen atoms in total. The van der Waals surface area contributed by atoms with Crippen molar-refractivity contribution in [2.24, 2.45) is 5.73 Å². The molecule has 16 heavy (non-hydrogen) atoms. The standard InChI is InChI=1S/C9H17F3N2O.ClH/c1-7(13)5-14-4-2-3-8(15,6-14)9(10,11)12;/h7,15H,2-6,13H2,1H3;1H. The highest BCUT2D eigenvalue weighted by atomic mass is 35.5. The molecule has 1 saturated heterocycles. The first-order valence-corrected chi connectivity index (χ1v) is 5.02. The van der Waals surface area contributed by atoms with Crippen LogP contribution in [0.3, 0.4) is 0 Å². The molecule has 0 saturated carbocycles. The van der Waals surface area contributed by atoms with E-state index in [1.807, 2.05) is 0 Å². The van der Waals surface area contributed by atoms with E-state index >= 15 is 0 Å². The maximum atomic E-state index is 12.5. The van der Waals surface area contributed by atoms with E-state index in [1.54, 1.807) is 11.8 Å². The Bertz CT molecular complexity index is 225. The lowest BCUT2D eigenvalue weighted by molar-refractivity contribution is -0.274. The quantitative estimate of drug-likeness (QED) is 0.785. The predicted octanol–water partition coefficient (Wildman–Crippen LogP) is 1.14. The number of likely N-dealkylation sites (tertiary alicyclic amines) is 1. The summed E-state index contributed by atoms with van der Waals surface area (Å²) in [6.45, 7) is 2.33. The maximum absolute atomic E-state index is 12.5. The minimum atomic E-state index is -4.55. The Kier molecular flexibility index (Phi) is 5.52. The fraction of sp³-hybridized carbons (Fsp3) is 1.00. The van der Waals surface area contributed by atoms with Gasteiger partial charge in [0.05, 0.1) is 0 Å². The van der Waals surface area contributed by atoms with Gasteiger partial charge in [-0.2, -0.15) is 13.2 Å². The fourth-order valence-electron chi connectivity index (χ4n) is 1.92. The number of rotatable bonds is 2. The van der Waals surface area contributed by atoms with Crippen molar-refractivity contribution in [1.82, 2.24) is 4.90 Å². The number of halogens is 4. The van der Waals surface area contributed by atoms with E-state index in [1.165, 1.54) is 0 Å². The summed E-state index contributed by atoms with van der Waals surface area (Å²) < 4.78 is 37.6. The van der Waals surface area contributed by atoms with E-state index in [0.717, 1.165) is 0 Å². The summed E-state index contributed by atoms with van der Waals surface area (Å²) in [6, 6.07) is -0.180. The molecule has 1 aliphatic rings. The summed E-state index contributed by atoms with van der Waals surface area (Å²) in [6.07, 6.45) is -4.42. The number of aliphatic hydroxyl groups is 1. The molecule has 0 aromatic carbocycles. The Morgan fingerprint density at radius 2 is 2.06 bits per heavy atom. The van der Waals surface area contributed by atoms with E-state index < -0.39 is 11.8 Å². The van der Waals surface area contributed by atoms with E-state index in [2.05, 4.69) is 0 Å². The van der Waals surface area contributed by atoms with Gasteiger partial charge in [0.2, 0.25) is 0 Å². The average Bonchev–Trinajstić information content (AvgIpc) is 2.00. The second kappa shape index (κ2) is 5.53. The van der Waals surface area contributed by atoms with Gasteiger partial charge < -0.3 is 10.8 Å². The summed E-state index contributed by atoms with van der Waals surface area (Å²) >= 11 is 0. The van der Waals surface area contributed by atoms with Crippen molar-refractivity contribution in [3.05, 3.63) is 0 Å². The molecule has 0 radical (unpaired) electrons. The molecule has 2 atom stereocenters. The van der Waals surface area contributed by atoms with Gasteiger partial charge in [0.25, 0.3) is 0 Å². The zero-order valence-corrected chi connectivity index (χ0v) is 9.94. The van der Waals surface area contributed by atoms with Gasteiger partial charge in [-0.15, -0.1) is 12.4 Å². The number of alkyl halides is 3. The van der Waals surface area contributed by atoms with Gasteiger partial charge in [-0.25, -0.2) is 0 Å². The van der Waals surface area contributed by atoms with Crippen LogP contribution in [0.4, 0.5) is 13.2 Å². The average molecular weight is 263 g/mol. The Hall–Kier alpha value is -0.0400. The molecule has 1 fully saturated rings. The van der Waals surface area contributed by atoms with Crippen LogP contribution in [0.15, 0.2) is 0 Å². The van der Waals surface area contributed by atoms with Crippen LogP contribution in [0.5, 0.6) is 0 Å². The third-order valence-electron chi connectivity index (χ3n) is 2.62. The van der Waals surface area contributed by atoms with Crippen LogP contribution in [-0.4, -0.2) is 47.5 Å². The molecule has 98 valence electrons. The number of β-amino-alcohol motifs (C(OH)–C–C–N with tert-alkyl or cyclic N) is 1. The molecule has 7 heteroatoms. The highest BCUT2D eigenvalue weighted by Gasteiger charge is 2.55. The van der Waals surface area contributed by atoms with Gasteiger partial charge >= 0.3 is 6.18 Å². The van der Waals surface area contributed by atoms with Crippen molar-refractivity contribution < 1.29 is 18.3 Å². The fourth-order valence-corrected chi connectivity index (χ4v) is 1.92. The first kappa shape index (κ1) is 16.0. The Balaban J connectivity index is 0.00000225. The lowest BCUT2D eigenvalue weighted by Gasteiger charge is -2.40. The molecule has 0 spiro atoms. The molecule has 1 aliphatic heterocycles. The van der Waals surface area contributed by atoms with Crippen molar-refractivity contribution in [2.75, 3.05) is 19.6 Å². The topological polar surface area (TPSA) is 49.5 Å². The molecule has 0 bridgehead atoms. The van der Waals surface area contributed by atoms with Crippen LogP contribution in [0.2, 0.25) is 0 Å². The zero-order chi connectivity index (χ0) is 11.7. The van der Waals surface area contributed by atoms with E-state index in [9.17, 15) is 18.3 Å². The smallest absolute Gasteiger partial charge is 0.379 e. The summed E-state index contributed by atoms with van der Waals surface area (Å²) in [5.74, 6) is 0. The number of hydrogen-bond acceptors (Lipinski definition) is 3. The van der Waals surface area contributed by atoms with Crippen molar-refractivity contribution in [3.63, 3.8) is 0 Å². The number of hydrogen-bond donors (Lipinski definition) is 2. The Morgan fingerprint density at radius 3 is 2.50 bits per heavy atom. The van der Waals surface area contributed by atoms with Crippen molar-refractivity contribution in [1.29, 1.82) is 0 Å². The summed E-state index contributed by atoms with van der Waals surface area (Å²) in [5, 5.41) is 9.48. The van der Waals surface area contributed by atoms with Gasteiger partial charge in [-0.05, 0) is 26.3 Å². The first-order chi connectivity index (χ1) is 6.74. The van der Waals surface area contributed by atoms with Crippen LogP contribution >= 0.6 is 12.4 Å². The molecule has 1 heterocycles. The lowest BCUT2D eigenvalue weighted by Crippen LogP contribution is -2.58. The van der Waals surface area contributed by atoms with Crippen molar-refractivity contribution in [2.45, 2.75) is 37.6 Å². The van der Waals surface area contributed by atoms with Crippen molar-refractivity contribution >= 4 is 12.4 Å². The van der Waals surface area contributed by atoms with Gasteiger partial charge in [-0.3, -0.25) is 4.90 Å². The third-order valence-corrected chi connectivity index (χ3v) is 2.62. The first-order valence-electron chi connectivity index (χ1n) is 5.02. The van der Waals surface area contributed by atoms with Gasteiger partial charge in [0, 0.05) is 19.1 Å². The number of nitrogens with zero attached hydrogens (tertiary/aromatic N) is 1. The highest BCUT2D eigenvalue weighted by Crippen LogP contribution is 2.37. The minimum absolute atomic E-state index is 0. The SMILES string of the molecule is CC(N)CN1CCCC(O)(C(F)(F)F)C1.Cl. The molecular formula is C9H18ClF3N2O. The van der Waals surface area contributed by atoms with Crippen LogP contribution < -0.4 is 5.73 Å². The summed E-state index contributed by atoms with van der Waals surface area (Å²) in [7, 11) is 0. The Morgan fingerprint density at radius 1 is 1.50 bits per heavy atom. The monoisotopic (exact) mass is 262 g/mol. The zero-order valence-electron chi connectivity index (χ0n) is 9.13. The van der Waals surface area contributed by atoms with Crippen LogP contribution in [-0.2, 0) is 0 Å². The van der Waals surface area contributed by atoms with E-state index in [0.29, 0.717) is 19.5 Å². The molecule has 0 aromatic heterocycles. The molecule has 0 aliphatic carbocycles. The van der Waals surface area contributed by atoms with E-state index in [-0.39, 0.29) is 31.4 Å². The molecule has 1 rings (SSSR count). The summed E-state index contributed by atoms with van der Waals surface area (Å²) in [4.78, 5) is 1.57. The lowest BCUT2D eigenvalue weighted by atomic mass is 9.92. The van der Waals surface area contributed by atoms with Crippen molar-refractivity contribution in [3.8, 4) is 0 Å². The second-order valence-corrected chi connectivity index (χ2v) is 4.35. The summed E-state index contributed by atoms with van der Waals surface area (Å²) in [5.41, 5.74) is 2.96.